The van der Waals surface area contributed by atoms with Crippen LogP contribution in [0, 0.1) is 0 Å². The highest BCUT2D eigenvalue weighted by atomic mass is 28.4. The molecule has 0 aromatic heterocycles. The number of carbonyl (C=O) groups is 1. The summed E-state index contributed by atoms with van der Waals surface area (Å²) in [4.78, 5) is 11.5. The summed E-state index contributed by atoms with van der Waals surface area (Å²) in [6, 6.07) is 20.7. The topological polar surface area (TPSA) is 55.8 Å². The Kier molecular flexibility index (Phi) is 5.32. The van der Waals surface area contributed by atoms with Crippen LogP contribution in [-0.2, 0) is 14.0 Å². The van der Waals surface area contributed by atoms with Crippen LogP contribution in [0.5, 0.6) is 0 Å². The summed E-state index contributed by atoms with van der Waals surface area (Å²) < 4.78 is 12.0. The second-order valence-corrected chi connectivity index (χ2v) is 12.1. The molecule has 1 N–H and O–H groups in total. The fourth-order valence-corrected chi connectivity index (χ4v) is 8.31. The van der Waals surface area contributed by atoms with Crippen LogP contribution in [0.15, 0.2) is 60.7 Å². The highest BCUT2D eigenvalue weighted by Gasteiger charge is 2.51. The molecule has 1 saturated heterocycles. The molecule has 0 radical (unpaired) electrons. The predicted molar refractivity (Wildman–Crippen MR) is 104 cm³/mol. The molecular formula is C21H26O4Si. The molecule has 0 spiro atoms. The Morgan fingerprint density at radius 3 is 1.92 bits per heavy atom. The molecule has 1 fully saturated rings. The average molecular weight is 371 g/mol. The second kappa shape index (κ2) is 7.35. The number of aliphatic hydroxyl groups is 1. The highest BCUT2D eigenvalue weighted by molar-refractivity contribution is 6.99. The Balaban J connectivity index is 2.02. The van der Waals surface area contributed by atoms with Gasteiger partial charge in [-0.25, -0.2) is 4.79 Å². The van der Waals surface area contributed by atoms with E-state index in [4.69, 9.17) is 9.16 Å². The molecule has 138 valence electrons. The van der Waals surface area contributed by atoms with E-state index in [1.54, 1.807) is 0 Å². The third-order valence-electron chi connectivity index (χ3n) is 4.94. The molecule has 0 saturated carbocycles. The van der Waals surface area contributed by atoms with Crippen LogP contribution in [0.1, 0.15) is 27.2 Å². The van der Waals surface area contributed by atoms with E-state index in [0.717, 1.165) is 0 Å². The van der Waals surface area contributed by atoms with Gasteiger partial charge in [0.2, 0.25) is 0 Å². The standard InChI is InChI=1S/C21H26O4Si/c1-21(2,3)26(17-10-6-4-7-11-17,18-12-8-5-9-13-18)24-15-16-14-19(22)20(23)25-16/h4-13,16,19,22H,14-15H2,1-3H3. The highest BCUT2D eigenvalue weighted by Crippen LogP contribution is 2.37. The Hall–Kier alpha value is -1.95. The van der Waals surface area contributed by atoms with E-state index < -0.39 is 26.5 Å². The van der Waals surface area contributed by atoms with Gasteiger partial charge in [-0.2, -0.15) is 0 Å². The lowest BCUT2D eigenvalue weighted by Crippen LogP contribution is -2.67. The second-order valence-electron chi connectivity index (χ2n) is 7.78. The number of rotatable bonds is 5. The van der Waals surface area contributed by atoms with Crippen LogP contribution in [0.4, 0.5) is 0 Å². The van der Waals surface area contributed by atoms with Gasteiger partial charge in [0.15, 0.2) is 6.10 Å². The summed E-state index contributed by atoms with van der Waals surface area (Å²) in [7, 11) is -2.63. The molecule has 2 aromatic carbocycles. The van der Waals surface area contributed by atoms with E-state index in [0.29, 0.717) is 0 Å². The summed E-state index contributed by atoms with van der Waals surface area (Å²) in [6.45, 7) is 6.90. The third-order valence-corrected chi connectivity index (χ3v) is 9.95. The first-order valence-electron chi connectivity index (χ1n) is 8.98. The fourth-order valence-electron chi connectivity index (χ4n) is 3.72. The van der Waals surface area contributed by atoms with Crippen molar-refractivity contribution in [3.8, 4) is 0 Å². The molecule has 1 heterocycles. The van der Waals surface area contributed by atoms with E-state index in [9.17, 15) is 9.90 Å². The van der Waals surface area contributed by atoms with Crippen molar-refractivity contribution in [2.24, 2.45) is 0 Å². The molecule has 0 bridgehead atoms. The first-order valence-corrected chi connectivity index (χ1v) is 10.9. The third kappa shape index (κ3) is 3.47. The summed E-state index contributed by atoms with van der Waals surface area (Å²) in [5, 5.41) is 11.9. The quantitative estimate of drug-likeness (QED) is 0.648. The maximum Gasteiger partial charge on any atom is 0.335 e. The van der Waals surface area contributed by atoms with Crippen LogP contribution >= 0.6 is 0 Å². The van der Waals surface area contributed by atoms with Crippen molar-refractivity contribution in [2.75, 3.05) is 6.61 Å². The zero-order chi connectivity index (χ0) is 18.8. The van der Waals surface area contributed by atoms with E-state index >= 15 is 0 Å². The van der Waals surface area contributed by atoms with Gasteiger partial charge < -0.3 is 14.3 Å². The van der Waals surface area contributed by atoms with Crippen LogP contribution in [0.3, 0.4) is 0 Å². The van der Waals surface area contributed by atoms with Crippen molar-refractivity contribution < 1.29 is 19.1 Å². The molecule has 3 rings (SSSR count). The van der Waals surface area contributed by atoms with Crippen molar-refractivity contribution in [1.29, 1.82) is 0 Å². The number of hydrogen-bond acceptors (Lipinski definition) is 4. The molecule has 1 aliphatic rings. The van der Waals surface area contributed by atoms with Crippen LogP contribution in [-0.4, -0.2) is 38.2 Å². The van der Waals surface area contributed by atoms with Gasteiger partial charge in [-0.05, 0) is 15.4 Å². The monoisotopic (exact) mass is 370 g/mol. The molecule has 4 nitrogen and oxygen atoms in total. The van der Waals surface area contributed by atoms with Crippen LogP contribution < -0.4 is 10.4 Å². The zero-order valence-corrected chi connectivity index (χ0v) is 16.5. The minimum atomic E-state index is -2.63. The fraction of sp³-hybridized carbons (Fsp3) is 0.381. The van der Waals surface area contributed by atoms with Gasteiger partial charge in [0.05, 0.1) is 6.61 Å². The lowest BCUT2D eigenvalue weighted by Gasteiger charge is -2.43. The van der Waals surface area contributed by atoms with E-state index in [-0.39, 0.29) is 18.1 Å². The SMILES string of the molecule is CC(C)(C)[Si](OCC1CC(O)C(=O)O1)(c1ccccc1)c1ccccc1. The van der Waals surface area contributed by atoms with E-state index in [1.807, 2.05) is 36.4 Å². The van der Waals surface area contributed by atoms with Gasteiger partial charge in [0.1, 0.15) is 6.10 Å². The largest absolute Gasteiger partial charge is 0.458 e. The molecule has 5 heteroatoms. The van der Waals surface area contributed by atoms with Gasteiger partial charge in [-0.15, -0.1) is 0 Å². The molecule has 2 atom stereocenters. The summed E-state index contributed by atoms with van der Waals surface area (Å²) >= 11 is 0. The normalized spacial score (nSPS) is 20.8. The summed E-state index contributed by atoms with van der Waals surface area (Å²) in [5.41, 5.74) is 0. The van der Waals surface area contributed by atoms with E-state index in [2.05, 4.69) is 45.0 Å². The first-order chi connectivity index (χ1) is 12.3. The van der Waals surface area contributed by atoms with Crippen molar-refractivity contribution in [2.45, 2.75) is 44.4 Å². The van der Waals surface area contributed by atoms with Gasteiger partial charge in [0.25, 0.3) is 8.32 Å². The Bertz CT molecular complexity index is 700. The number of ether oxygens (including phenoxy) is 1. The maximum atomic E-state index is 11.5. The van der Waals surface area contributed by atoms with Gasteiger partial charge in [-0.1, -0.05) is 81.4 Å². The maximum absolute atomic E-state index is 11.5. The van der Waals surface area contributed by atoms with Crippen molar-refractivity contribution in [1.82, 2.24) is 0 Å². The van der Waals surface area contributed by atoms with Crippen LogP contribution in [0.2, 0.25) is 5.04 Å². The molecule has 1 aliphatic heterocycles. The molecule has 2 unspecified atom stereocenters. The number of carbonyl (C=O) groups excluding carboxylic acids is 1. The Labute approximate surface area is 155 Å². The Morgan fingerprint density at radius 1 is 1.04 bits per heavy atom. The van der Waals surface area contributed by atoms with Gasteiger partial charge >= 0.3 is 5.97 Å². The van der Waals surface area contributed by atoms with Crippen molar-refractivity contribution in [3.63, 3.8) is 0 Å². The lowest BCUT2D eigenvalue weighted by atomic mass is 10.2. The summed E-state index contributed by atoms with van der Waals surface area (Å²) in [6.07, 6.45) is -1.15. The number of benzene rings is 2. The van der Waals surface area contributed by atoms with Gasteiger partial charge in [-0.3, -0.25) is 0 Å². The number of hydrogen-bond donors (Lipinski definition) is 1. The van der Waals surface area contributed by atoms with E-state index in [1.165, 1.54) is 10.4 Å². The van der Waals surface area contributed by atoms with Crippen molar-refractivity contribution in [3.05, 3.63) is 60.7 Å². The van der Waals surface area contributed by atoms with Crippen molar-refractivity contribution >= 4 is 24.7 Å². The number of cyclic esters (lactones) is 1. The minimum Gasteiger partial charge on any atom is -0.458 e. The molecule has 26 heavy (non-hydrogen) atoms. The van der Waals surface area contributed by atoms with Crippen LogP contribution in [0.25, 0.3) is 0 Å². The predicted octanol–water partition coefficient (Wildman–Crippen LogP) is 2.24. The molecule has 0 aliphatic carbocycles. The van der Waals surface area contributed by atoms with Gasteiger partial charge in [0, 0.05) is 6.42 Å². The average Bonchev–Trinajstić information content (AvgIpc) is 2.94. The number of aliphatic hydroxyl groups excluding tert-OH is 1. The molecule has 0 amide bonds. The molecular weight excluding hydrogens is 344 g/mol. The lowest BCUT2D eigenvalue weighted by molar-refractivity contribution is -0.148. The molecule has 2 aromatic rings. The zero-order valence-electron chi connectivity index (χ0n) is 15.5. The Morgan fingerprint density at radius 2 is 1.54 bits per heavy atom. The number of esters is 1. The minimum absolute atomic E-state index is 0.128. The summed E-state index contributed by atoms with van der Waals surface area (Å²) in [5.74, 6) is -0.555. The smallest absolute Gasteiger partial charge is 0.335 e. The first kappa shape index (κ1) is 18.8.